The first-order valence-corrected chi connectivity index (χ1v) is 7.33. The van der Waals surface area contributed by atoms with Crippen LogP contribution in [-0.4, -0.2) is 25.6 Å². The van der Waals surface area contributed by atoms with Crippen molar-refractivity contribution in [2.75, 3.05) is 19.0 Å². The van der Waals surface area contributed by atoms with E-state index in [-0.39, 0.29) is 12.3 Å². The third-order valence-electron chi connectivity index (χ3n) is 3.21. The molecule has 0 unspecified atom stereocenters. The Labute approximate surface area is 135 Å². The van der Waals surface area contributed by atoms with Crippen LogP contribution in [0.4, 0.5) is 5.69 Å². The number of methoxy groups -OCH3 is 1. The number of hydrogen-bond acceptors (Lipinski definition) is 4. The molecule has 0 saturated carbocycles. The van der Waals surface area contributed by atoms with E-state index in [4.69, 9.17) is 9.47 Å². The van der Waals surface area contributed by atoms with E-state index in [2.05, 4.69) is 5.32 Å². The van der Waals surface area contributed by atoms with Crippen molar-refractivity contribution in [1.29, 1.82) is 0 Å². The number of anilines is 1. The summed E-state index contributed by atoms with van der Waals surface area (Å²) in [4.78, 5) is 23.8. The number of ether oxygens (including phenoxy) is 2. The fourth-order valence-electron chi connectivity index (χ4n) is 2.13. The van der Waals surface area contributed by atoms with Gasteiger partial charge in [-0.2, -0.15) is 0 Å². The van der Waals surface area contributed by atoms with E-state index in [0.717, 1.165) is 11.3 Å². The van der Waals surface area contributed by atoms with Crippen LogP contribution in [0.15, 0.2) is 48.5 Å². The van der Waals surface area contributed by atoms with Crippen LogP contribution in [0.1, 0.15) is 22.8 Å². The molecular weight excluding hydrogens is 294 g/mol. The van der Waals surface area contributed by atoms with Crippen molar-refractivity contribution in [2.24, 2.45) is 0 Å². The van der Waals surface area contributed by atoms with Crippen LogP contribution in [0.5, 0.6) is 5.75 Å². The lowest BCUT2D eigenvalue weighted by Crippen LogP contribution is -2.17. The maximum atomic E-state index is 12.2. The lowest BCUT2D eigenvalue weighted by molar-refractivity contribution is -0.115. The van der Waals surface area contributed by atoms with Gasteiger partial charge in [0.25, 0.3) is 0 Å². The summed E-state index contributed by atoms with van der Waals surface area (Å²) >= 11 is 0. The van der Waals surface area contributed by atoms with Crippen LogP contribution in [0.2, 0.25) is 0 Å². The standard InChI is InChI=1S/C18H19NO4/c1-3-23-14-10-8-13(9-11-14)12-17(20)19-16-7-5-4-6-15(16)18(21)22-2/h4-11H,3,12H2,1-2H3,(H,19,20). The van der Waals surface area contributed by atoms with E-state index in [1.54, 1.807) is 24.3 Å². The van der Waals surface area contributed by atoms with Crippen molar-refractivity contribution in [3.63, 3.8) is 0 Å². The predicted octanol–water partition coefficient (Wildman–Crippen LogP) is 3.05. The van der Waals surface area contributed by atoms with Gasteiger partial charge in [-0.05, 0) is 36.8 Å². The van der Waals surface area contributed by atoms with Gasteiger partial charge in [-0.1, -0.05) is 24.3 Å². The van der Waals surface area contributed by atoms with Crippen LogP contribution < -0.4 is 10.1 Å². The van der Waals surface area contributed by atoms with Crippen molar-refractivity contribution in [1.82, 2.24) is 0 Å². The highest BCUT2D eigenvalue weighted by Gasteiger charge is 2.13. The van der Waals surface area contributed by atoms with Gasteiger partial charge in [0.1, 0.15) is 5.75 Å². The second kappa shape index (κ2) is 7.98. The van der Waals surface area contributed by atoms with Gasteiger partial charge >= 0.3 is 5.97 Å². The fourth-order valence-corrected chi connectivity index (χ4v) is 2.13. The molecule has 2 aromatic carbocycles. The highest BCUT2D eigenvalue weighted by molar-refractivity contribution is 6.01. The number of amides is 1. The maximum absolute atomic E-state index is 12.2. The van der Waals surface area contributed by atoms with E-state index < -0.39 is 5.97 Å². The van der Waals surface area contributed by atoms with Crippen molar-refractivity contribution in [3.05, 3.63) is 59.7 Å². The SMILES string of the molecule is CCOc1ccc(CC(=O)Nc2ccccc2C(=O)OC)cc1. The van der Waals surface area contributed by atoms with Crippen molar-refractivity contribution < 1.29 is 19.1 Å². The first-order valence-electron chi connectivity index (χ1n) is 7.33. The highest BCUT2D eigenvalue weighted by atomic mass is 16.5. The number of benzene rings is 2. The van der Waals surface area contributed by atoms with Crippen LogP contribution in [0.3, 0.4) is 0 Å². The molecule has 120 valence electrons. The Morgan fingerprint density at radius 3 is 2.39 bits per heavy atom. The molecule has 23 heavy (non-hydrogen) atoms. The average Bonchev–Trinajstić information content (AvgIpc) is 2.56. The molecule has 0 aromatic heterocycles. The predicted molar refractivity (Wildman–Crippen MR) is 87.7 cm³/mol. The molecule has 2 aromatic rings. The molecule has 5 nitrogen and oxygen atoms in total. The van der Waals surface area contributed by atoms with E-state index in [1.807, 2.05) is 31.2 Å². The molecule has 0 saturated heterocycles. The fraction of sp³-hybridized carbons (Fsp3) is 0.222. The monoisotopic (exact) mass is 313 g/mol. The molecular formula is C18H19NO4. The van der Waals surface area contributed by atoms with Gasteiger partial charge in [0.2, 0.25) is 5.91 Å². The number of nitrogens with one attached hydrogen (secondary N) is 1. The van der Waals surface area contributed by atoms with Crippen LogP contribution in [-0.2, 0) is 16.0 Å². The van der Waals surface area contributed by atoms with Gasteiger partial charge in [0.05, 0.1) is 31.4 Å². The summed E-state index contributed by atoms with van der Waals surface area (Å²) in [5, 5.41) is 2.74. The molecule has 0 aliphatic rings. The molecule has 0 atom stereocenters. The van der Waals surface area contributed by atoms with E-state index in [1.165, 1.54) is 7.11 Å². The van der Waals surface area contributed by atoms with Gasteiger partial charge in [0.15, 0.2) is 0 Å². The minimum Gasteiger partial charge on any atom is -0.494 e. The van der Waals surface area contributed by atoms with Crippen molar-refractivity contribution in [3.8, 4) is 5.75 Å². The molecule has 0 heterocycles. The smallest absolute Gasteiger partial charge is 0.339 e. The molecule has 0 bridgehead atoms. The Bertz CT molecular complexity index is 680. The topological polar surface area (TPSA) is 64.6 Å². The minimum atomic E-state index is -0.484. The van der Waals surface area contributed by atoms with Gasteiger partial charge in [-0.25, -0.2) is 4.79 Å². The summed E-state index contributed by atoms with van der Waals surface area (Å²) in [5.41, 5.74) is 1.63. The van der Waals surface area contributed by atoms with Crippen LogP contribution in [0.25, 0.3) is 0 Å². The first-order chi connectivity index (χ1) is 11.1. The van der Waals surface area contributed by atoms with Gasteiger partial charge in [-0.15, -0.1) is 0 Å². The first kappa shape index (κ1) is 16.5. The van der Waals surface area contributed by atoms with Crippen molar-refractivity contribution >= 4 is 17.6 Å². The molecule has 2 rings (SSSR count). The minimum absolute atomic E-state index is 0.203. The van der Waals surface area contributed by atoms with Crippen LogP contribution in [0, 0.1) is 0 Å². The quantitative estimate of drug-likeness (QED) is 0.833. The second-order valence-electron chi connectivity index (χ2n) is 4.84. The van der Waals surface area contributed by atoms with Gasteiger partial charge in [-0.3, -0.25) is 4.79 Å². The maximum Gasteiger partial charge on any atom is 0.339 e. The zero-order chi connectivity index (χ0) is 16.7. The molecule has 1 N–H and O–H groups in total. The average molecular weight is 313 g/mol. The molecule has 0 radical (unpaired) electrons. The Morgan fingerprint density at radius 1 is 1.04 bits per heavy atom. The molecule has 0 spiro atoms. The van der Waals surface area contributed by atoms with E-state index in [9.17, 15) is 9.59 Å². The largest absolute Gasteiger partial charge is 0.494 e. The molecule has 0 aliphatic heterocycles. The summed E-state index contributed by atoms with van der Waals surface area (Å²) in [7, 11) is 1.31. The Hall–Kier alpha value is -2.82. The van der Waals surface area contributed by atoms with E-state index in [0.29, 0.717) is 17.9 Å². The number of esters is 1. The molecule has 5 heteroatoms. The zero-order valence-corrected chi connectivity index (χ0v) is 13.2. The Kier molecular flexibility index (Phi) is 5.74. The molecule has 0 fully saturated rings. The Balaban J connectivity index is 2.04. The number of carbonyl (C=O) groups is 2. The number of hydrogen-bond donors (Lipinski definition) is 1. The third kappa shape index (κ3) is 4.57. The number of rotatable bonds is 6. The van der Waals surface area contributed by atoms with Crippen LogP contribution >= 0.6 is 0 Å². The summed E-state index contributed by atoms with van der Waals surface area (Å²) in [6.07, 6.45) is 0.210. The van der Waals surface area contributed by atoms with Gasteiger partial charge < -0.3 is 14.8 Å². The van der Waals surface area contributed by atoms with Gasteiger partial charge in [0, 0.05) is 0 Å². The Morgan fingerprint density at radius 2 is 1.74 bits per heavy atom. The lowest BCUT2D eigenvalue weighted by Gasteiger charge is -2.10. The highest BCUT2D eigenvalue weighted by Crippen LogP contribution is 2.17. The molecule has 1 amide bonds. The second-order valence-corrected chi connectivity index (χ2v) is 4.84. The zero-order valence-electron chi connectivity index (χ0n) is 13.2. The lowest BCUT2D eigenvalue weighted by atomic mass is 10.1. The number of para-hydroxylation sites is 1. The summed E-state index contributed by atoms with van der Waals surface area (Å²) in [6, 6.07) is 14.1. The molecule has 0 aliphatic carbocycles. The summed E-state index contributed by atoms with van der Waals surface area (Å²) < 4.78 is 10.1. The number of carbonyl (C=O) groups excluding carboxylic acids is 2. The third-order valence-corrected chi connectivity index (χ3v) is 3.21. The summed E-state index contributed by atoms with van der Waals surface area (Å²) in [6.45, 7) is 2.52. The summed E-state index contributed by atoms with van der Waals surface area (Å²) in [5.74, 6) is 0.0835. The van der Waals surface area contributed by atoms with Crippen molar-refractivity contribution in [2.45, 2.75) is 13.3 Å². The van der Waals surface area contributed by atoms with E-state index >= 15 is 0 Å². The normalized spacial score (nSPS) is 10.0.